The van der Waals surface area contributed by atoms with E-state index in [2.05, 4.69) is 6.07 Å². The number of hydrogen-bond donors (Lipinski definition) is 0. The second kappa shape index (κ2) is 13.2. The van der Waals surface area contributed by atoms with Gasteiger partial charge in [0, 0.05) is 45.2 Å². The standard InChI is InChI=1S/C34H32N2O9S/c1-17-10-12-22(13-11-17)28-25-14-23-8-6-7-9-24(23)29(25)36(34(46)26(28)15-35)33-32(44-21(5)40)31(43-20(4)39)30(42-19(3)38)27(45-33)16-41-18(2)37/h6-13,27,30-33H,14,16H2,1-5H3/t27-,30-,31-,32-,33-/m1/s1. The normalized spacial score (nSPS) is 21.3. The number of pyridine rings is 1. The number of nitriles is 1. The zero-order chi connectivity index (χ0) is 33.3. The first-order valence-corrected chi connectivity index (χ1v) is 15.0. The first kappa shape index (κ1) is 32.5. The van der Waals surface area contributed by atoms with Crippen LogP contribution < -0.4 is 0 Å². The van der Waals surface area contributed by atoms with E-state index < -0.39 is 61.1 Å². The lowest BCUT2D eigenvalue weighted by Crippen LogP contribution is -2.60. The van der Waals surface area contributed by atoms with Crippen molar-refractivity contribution in [2.75, 3.05) is 6.61 Å². The van der Waals surface area contributed by atoms with Crippen LogP contribution in [0.25, 0.3) is 22.4 Å². The van der Waals surface area contributed by atoms with E-state index in [9.17, 15) is 24.4 Å². The van der Waals surface area contributed by atoms with Crippen molar-refractivity contribution in [3.05, 3.63) is 75.4 Å². The number of benzene rings is 2. The zero-order valence-electron chi connectivity index (χ0n) is 25.9. The summed E-state index contributed by atoms with van der Waals surface area (Å²) in [6.45, 7) is 6.27. The third-order valence-electron chi connectivity index (χ3n) is 7.82. The van der Waals surface area contributed by atoms with Crippen molar-refractivity contribution in [2.45, 2.75) is 71.7 Å². The van der Waals surface area contributed by atoms with Crippen LogP contribution in [0.15, 0.2) is 48.5 Å². The molecule has 5 rings (SSSR count). The molecule has 1 aliphatic carbocycles. The van der Waals surface area contributed by atoms with Gasteiger partial charge in [-0.1, -0.05) is 66.3 Å². The van der Waals surface area contributed by atoms with Crippen molar-refractivity contribution in [3.8, 4) is 28.5 Å². The van der Waals surface area contributed by atoms with Gasteiger partial charge < -0.3 is 28.3 Å². The molecule has 1 aromatic heterocycles. The number of esters is 4. The molecule has 2 heterocycles. The lowest BCUT2D eigenvalue weighted by molar-refractivity contribution is -0.268. The first-order chi connectivity index (χ1) is 21.9. The van der Waals surface area contributed by atoms with Crippen LogP contribution in [0.4, 0.5) is 0 Å². The zero-order valence-corrected chi connectivity index (χ0v) is 26.7. The van der Waals surface area contributed by atoms with E-state index in [0.29, 0.717) is 17.7 Å². The third kappa shape index (κ3) is 6.29. The summed E-state index contributed by atoms with van der Waals surface area (Å²) < 4.78 is 30.4. The van der Waals surface area contributed by atoms with Gasteiger partial charge in [0.2, 0.25) is 0 Å². The Morgan fingerprint density at radius 2 is 1.50 bits per heavy atom. The highest BCUT2D eigenvalue weighted by Crippen LogP contribution is 2.47. The summed E-state index contributed by atoms with van der Waals surface area (Å²) in [5, 5.41) is 10.6. The van der Waals surface area contributed by atoms with E-state index in [0.717, 1.165) is 41.7 Å². The smallest absolute Gasteiger partial charge is 0.303 e. The van der Waals surface area contributed by atoms with Gasteiger partial charge in [-0.2, -0.15) is 5.26 Å². The Labute approximate surface area is 270 Å². The van der Waals surface area contributed by atoms with Crippen LogP contribution in [0, 0.1) is 22.9 Å². The number of rotatable bonds is 7. The predicted molar refractivity (Wildman–Crippen MR) is 166 cm³/mol. The number of hydrogen-bond acceptors (Lipinski definition) is 11. The summed E-state index contributed by atoms with van der Waals surface area (Å²) in [7, 11) is 0. The number of nitrogens with zero attached hydrogens (tertiary/aromatic N) is 2. The molecule has 12 heteroatoms. The number of aryl methyl sites for hydroxylation is 1. The summed E-state index contributed by atoms with van der Waals surface area (Å²) in [5.74, 6) is -2.86. The molecule has 1 aliphatic heterocycles. The molecule has 11 nitrogen and oxygen atoms in total. The molecule has 3 aromatic rings. The Morgan fingerprint density at radius 1 is 0.891 bits per heavy atom. The van der Waals surface area contributed by atoms with E-state index >= 15 is 0 Å². The molecular weight excluding hydrogens is 612 g/mol. The fourth-order valence-electron chi connectivity index (χ4n) is 6.10. The minimum Gasteiger partial charge on any atom is -0.463 e. The van der Waals surface area contributed by atoms with Crippen LogP contribution in [-0.4, -0.2) is 59.5 Å². The van der Waals surface area contributed by atoms with Gasteiger partial charge in [-0.05, 0) is 23.6 Å². The molecular formula is C34H32N2O9S. The summed E-state index contributed by atoms with van der Waals surface area (Å²) in [5.41, 5.74) is 5.90. The molecule has 0 radical (unpaired) electrons. The summed E-state index contributed by atoms with van der Waals surface area (Å²) >= 11 is 6.03. The molecule has 0 amide bonds. The van der Waals surface area contributed by atoms with Gasteiger partial charge in [0.25, 0.3) is 0 Å². The molecule has 2 aliphatic rings. The maximum Gasteiger partial charge on any atom is 0.303 e. The second-order valence-electron chi connectivity index (χ2n) is 11.2. The Morgan fingerprint density at radius 3 is 2.11 bits per heavy atom. The quantitative estimate of drug-likeness (QED) is 0.154. The van der Waals surface area contributed by atoms with E-state index in [1.54, 1.807) is 4.57 Å². The van der Waals surface area contributed by atoms with Gasteiger partial charge in [0.1, 0.15) is 23.4 Å². The summed E-state index contributed by atoms with van der Waals surface area (Å²) in [6.07, 6.45) is -6.18. The van der Waals surface area contributed by atoms with Crippen molar-refractivity contribution >= 4 is 36.1 Å². The van der Waals surface area contributed by atoms with Crippen LogP contribution in [0.1, 0.15) is 56.2 Å². The lowest BCUT2D eigenvalue weighted by Gasteiger charge is -2.45. The minimum atomic E-state index is -1.40. The molecule has 46 heavy (non-hydrogen) atoms. The molecule has 0 N–H and O–H groups in total. The topological polar surface area (TPSA) is 143 Å². The van der Waals surface area contributed by atoms with E-state index in [1.165, 1.54) is 13.8 Å². The highest BCUT2D eigenvalue weighted by Gasteiger charge is 2.53. The number of ether oxygens (including phenoxy) is 5. The van der Waals surface area contributed by atoms with Crippen LogP contribution in [0.2, 0.25) is 0 Å². The molecule has 2 aromatic carbocycles. The second-order valence-corrected chi connectivity index (χ2v) is 11.5. The SMILES string of the molecule is CC(=O)OC[C@H]1O[C@@H](n2c3c(c(-c4ccc(C)cc4)c(C#N)c2=S)Cc2ccccc2-3)[C@H](OC(C)=O)[C@H](OC(C)=O)[C@@H]1OC(C)=O. The average molecular weight is 645 g/mol. The van der Waals surface area contributed by atoms with Crippen molar-refractivity contribution in [2.24, 2.45) is 0 Å². The first-order valence-electron chi connectivity index (χ1n) is 14.6. The number of carbonyl (C=O) groups is 4. The number of carbonyl (C=O) groups excluding carboxylic acids is 4. The molecule has 0 bridgehead atoms. The third-order valence-corrected chi connectivity index (χ3v) is 8.22. The molecule has 1 fully saturated rings. The Bertz CT molecular complexity index is 1830. The lowest BCUT2D eigenvalue weighted by atomic mass is 9.92. The van der Waals surface area contributed by atoms with Crippen LogP contribution in [0.3, 0.4) is 0 Å². The van der Waals surface area contributed by atoms with E-state index in [-0.39, 0.29) is 10.2 Å². The van der Waals surface area contributed by atoms with Gasteiger partial charge in [0.15, 0.2) is 24.5 Å². The Kier molecular flexibility index (Phi) is 9.37. The van der Waals surface area contributed by atoms with Crippen LogP contribution in [0.5, 0.6) is 0 Å². The van der Waals surface area contributed by atoms with Crippen molar-refractivity contribution in [3.63, 3.8) is 0 Å². The maximum absolute atomic E-state index is 12.6. The monoisotopic (exact) mass is 644 g/mol. The van der Waals surface area contributed by atoms with Gasteiger partial charge >= 0.3 is 23.9 Å². The van der Waals surface area contributed by atoms with E-state index in [1.807, 2.05) is 55.5 Å². The Hall–Kier alpha value is -4.86. The van der Waals surface area contributed by atoms with Gasteiger partial charge in [-0.25, -0.2) is 0 Å². The summed E-state index contributed by atoms with van der Waals surface area (Å²) in [6, 6.07) is 17.7. The van der Waals surface area contributed by atoms with Crippen LogP contribution in [-0.2, 0) is 49.3 Å². The molecule has 5 atom stereocenters. The van der Waals surface area contributed by atoms with Crippen molar-refractivity contribution < 1.29 is 42.9 Å². The van der Waals surface area contributed by atoms with Crippen LogP contribution >= 0.6 is 12.2 Å². The van der Waals surface area contributed by atoms with Gasteiger partial charge in [-0.3, -0.25) is 19.2 Å². The average Bonchev–Trinajstić information content (AvgIpc) is 3.37. The fraction of sp³-hybridized carbons (Fsp3) is 0.353. The molecule has 1 saturated heterocycles. The number of aromatic nitrogens is 1. The molecule has 238 valence electrons. The maximum atomic E-state index is 12.6. The van der Waals surface area contributed by atoms with Gasteiger partial charge in [0.05, 0.1) is 11.3 Å². The highest BCUT2D eigenvalue weighted by atomic mass is 32.1. The molecule has 0 spiro atoms. The van der Waals surface area contributed by atoms with E-state index in [4.69, 9.17) is 35.9 Å². The number of fused-ring (bicyclic) bond motifs is 3. The molecule has 0 saturated carbocycles. The largest absolute Gasteiger partial charge is 0.463 e. The predicted octanol–water partition coefficient (Wildman–Crippen LogP) is 4.89. The fourth-order valence-corrected chi connectivity index (χ4v) is 6.45. The Balaban J connectivity index is 1.82. The van der Waals surface area contributed by atoms with Crippen molar-refractivity contribution in [1.82, 2.24) is 4.57 Å². The van der Waals surface area contributed by atoms with Gasteiger partial charge in [-0.15, -0.1) is 0 Å². The highest BCUT2D eigenvalue weighted by molar-refractivity contribution is 7.71. The minimum absolute atomic E-state index is 0.0782. The van der Waals surface area contributed by atoms with Crippen molar-refractivity contribution in [1.29, 1.82) is 5.26 Å². The summed E-state index contributed by atoms with van der Waals surface area (Å²) in [4.78, 5) is 49.1. The molecule has 0 unspecified atom stereocenters.